The number of hydrogen-bond donors (Lipinski definition) is 0. The molecule has 3 heteroatoms. The largest absolute Gasteiger partial charge is 0.482 e. The van der Waals surface area contributed by atoms with E-state index in [9.17, 15) is 9.18 Å². The monoisotopic (exact) mass is 222 g/mol. The third-order valence-electron chi connectivity index (χ3n) is 2.88. The molecule has 0 N–H and O–H groups in total. The van der Waals surface area contributed by atoms with E-state index in [4.69, 9.17) is 4.74 Å². The van der Waals surface area contributed by atoms with Gasteiger partial charge in [0.05, 0.1) is 0 Å². The van der Waals surface area contributed by atoms with Crippen molar-refractivity contribution in [3.63, 3.8) is 0 Å². The number of ether oxygens (including phenoxy) is 1. The van der Waals surface area contributed by atoms with E-state index in [1.54, 1.807) is 24.3 Å². The fourth-order valence-electron chi connectivity index (χ4n) is 1.96. The summed E-state index contributed by atoms with van der Waals surface area (Å²) in [7, 11) is 0. The number of hydrogen-bond acceptors (Lipinski definition) is 2. The first kappa shape index (κ1) is 11.1. The smallest absolute Gasteiger partial charge is 0.173 e. The van der Waals surface area contributed by atoms with Gasteiger partial charge in [-0.3, -0.25) is 4.79 Å². The van der Waals surface area contributed by atoms with E-state index in [-0.39, 0.29) is 11.9 Å². The lowest BCUT2D eigenvalue weighted by Gasteiger charge is -2.22. The van der Waals surface area contributed by atoms with Crippen LogP contribution < -0.4 is 4.74 Å². The number of benzene rings is 1. The quantitative estimate of drug-likeness (QED) is 0.785. The van der Waals surface area contributed by atoms with Crippen LogP contribution in [0.25, 0.3) is 0 Å². The van der Waals surface area contributed by atoms with E-state index >= 15 is 0 Å². The third-order valence-corrected chi connectivity index (χ3v) is 2.88. The summed E-state index contributed by atoms with van der Waals surface area (Å²) in [6.07, 6.45) is 2.92. The van der Waals surface area contributed by atoms with Gasteiger partial charge in [-0.2, -0.15) is 0 Å². The van der Waals surface area contributed by atoms with E-state index in [1.165, 1.54) is 0 Å². The van der Waals surface area contributed by atoms with E-state index in [0.29, 0.717) is 17.7 Å². The Bertz CT molecular complexity index is 376. The van der Waals surface area contributed by atoms with Crippen LogP contribution >= 0.6 is 0 Å². The summed E-state index contributed by atoms with van der Waals surface area (Å²) in [6.45, 7) is -0.558. The Kier molecular flexibility index (Phi) is 3.54. The van der Waals surface area contributed by atoms with E-state index < -0.39 is 6.67 Å². The van der Waals surface area contributed by atoms with Gasteiger partial charge in [0, 0.05) is 12.0 Å². The molecule has 1 fully saturated rings. The van der Waals surface area contributed by atoms with Gasteiger partial charge in [0.25, 0.3) is 0 Å². The lowest BCUT2D eigenvalue weighted by Crippen LogP contribution is -2.30. The zero-order valence-electron chi connectivity index (χ0n) is 9.12. The normalized spacial score (nSPS) is 20.8. The molecule has 1 unspecified atom stereocenters. The van der Waals surface area contributed by atoms with Crippen LogP contribution in [-0.2, 0) is 11.5 Å². The molecular formula is C13H15FO2. The first-order valence-electron chi connectivity index (χ1n) is 5.64. The molecule has 1 aromatic carbocycles. The van der Waals surface area contributed by atoms with Crippen molar-refractivity contribution < 1.29 is 13.9 Å². The van der Waals surface area contributed by atoms with Crippen molar-refractivity contribution >= 4 is 5.78 Å². The van der Waals surface area contributed by atoms with Crippen LogP contribution in [0.5, 0.6) is 5.75 Å². The summed E-state index contributed by atoms with van der Waals surface area (Å²) in [5.41, 5.74) is 0.515. The van der Waals surface area contributed by atoms with E-state index in [2.05, 4.69) is 0 Å². The number of carbonyl (C=O) groups excluding carboxylic acids is 1. The van der Waals surface area contributed by atoms with Crippen LogP contribution in [0.3, 0.4) is 0 Å². The Labute approximate surface area is 94.4 Å². The highest BCUT2D eigenvalue weighted by atomic mass is 19.1. The van der Waals surface area contributed by atoms with Gasteiger partial charge in [-0.1, -0.05) is 18.2 Å². The number of carbonyl (C=O) groups is 1. The van der Waals surface area contributed by atoms with Crippen molar-refractivity contribution in [2.45, 2.75) is 38.5 Å². The van der Waals surface area contributed by atoms with Gasteiger partial charge in [-0.25, -0.2) is 4.39 Å². The van der Waals surface area contributed by atoms with Crippen LogP contribution in [0.15, 0.2) is 24.3 Å². The highest BCUT2D eigenvalue weighted by Gasteiger charge is 2.24. The van der Waals surface area contributed by atoms with Crippen molar-refractivity contribution in [3.8, 4) is 5.75 Å². The molecule has 0 bridgehead atoms. The number of halogens is 1. The predicted molar refractivity (Wildman–Crippen MR) is 59.1 cm³/mol. The van der Waals surface area contributed by atoms with Gasteiger partial charge in [-0.15, -0.1) is 0 Å². The first-order valence-corrected chi connectivity index (χ1v) is 5.64. The second kappa shape index (κ2) is 5.10. The Morgan fingerprint density at radius 1 is 1.31 bits per heavy atom. The molecule has 86 valence electrons. The van der Waals surface area contributed by atoms with Gasteiger partial charge in [-0.05, 0) is 25.3 Å². The summed E-state index contributed by atoms with van der Waals surface area (Å²) >= 11 is 0. The maximum atomic E-state index is 12.7. The average Bonchev–Trinajstić information content (AvgIpc) is 2.33. The van der Waals surface area contributed by atoms with E-state index in [1.807, 2.05) is 0 Å². The lowest BCUT2D eigenvalue weighted by atomic mass is 9.96. The highest BCUT2D eigenvalue weighted by molar-refractivity contribution is 5.84. The van der Waals surface area contributed by atoms with Crippen molar-refractivity contribution in [3.05, 3.63) is 29.8 Å². The SMILES string of the molecule is O=C1CCCCC1Oc1ccccc1CF. The van der Waals surface area contributed by atoms with Gasteiger partial charge in [0.1, 0.15) is 12.4 Å². The minimum Gasteiger partial charge on any atom is -0.482 e. The van der Waals surface area contributed by atoms with Crippen LogP contribution in [0.2, 0.25) is 0 Å². The summed E-state index contributed by atoms with van der Waals surface area (Å²) in [4.78, 5) is 11.6. The fourth-order valence-corrected chi connectivity index (χ4v) is 1.96. The third kappa shape index (κ3) is 2.40. The molecule has 0 radical (unpaired) electrons. The number of ketones is 1. The van der Waals surface area contributed by atoms with Gasteiger partial charge in [0.15, 0.2) is 11.9 Å². The Balaban J connectivity index is 2.10. The molecule has 2 nitrogen and oxygen atoms in total. The summed E-state index contributed by atoms with van der Waals surface area (Å²) in [5, 5.41) is 0. The molecule has 0 heterocycles. The van der Waals surface area contributed by atoms with Gasteiger partial charge in [0.2, 0.25) is 0 Å². The molecule has 0 amide bonds. The molecular weight excluding hydrogens is 207 g/mol. The highest BCUT2D eigenvalue weighted by Crippen LogP contribution is 2.24. The molecule has 16 heavy (non-hydrogen) atoms. The summed E-state index contributed by atoms with van der Waals surface area (Å²) < 4.78 is 18.3. The first-order chi connectivity index (χ1) is 7.81. The zero-order chi connectivity index (χ0) is 11.4. The molecule has 1 aromatic rings. The Morgan fingerprint density at radius 2 is 2.12 bits per heavy atom. The van der Waals surface area contributed by atoms with Crippen molar-refractivity contribution in [2.75, 3.05) is 0 Å². The zero-order valence-corrected chi connectivity index (χ0v) is 9.12. The van der Waals surface area contributed by atoms with Crippen LogP contribution in [0.4, 0.5) is 4.39 Å². The summed E-state index contributed by atoms with van der Waals surface area (Å²) in [6, 6.07) is 6.96. The number of alkyl halides is 1. The summed E-state index contributed by atoms with van der Waals surface area (Å²) in [5.74, 6) is 0.644. The predicted octanol–water partition coefficient (Wildman–Crippen LogP) is 3.05. The molecule has 0 saturated heterocycles. The minimum absolute atomic E-state index is 0.139. The average molecular weight is 222 g/mol. The van der Waals surface area contributed by atoms with Gasteiger partial charge >= 0.3 is 0 Å². The maximum absolute atomic E-state index is 12.7. The molecule has 1 saturated carbocycles. The molecule has 1 atom stereocenters. The Hall–Kier alpha value is -1.38. The molecule has 0 aromatic heterocycles. The molecule has 0 aliphatic heterocycles. The van der Waals surface area contributed by atoms with Crippen LogP contribution in [0.1, 0.15) is 31.2 Å². The molecule has 1 aliphatic rings. The second-order valence-corrected chi connectivity index (χ2v) is 4.06. The van der Waals surface area contributed by atoms with Crippen molar-refractivity contribution in [2.24, 2.45) is 0 Å². The number of para-hydroxylation sites is 1. The van der Waals surface area contributed by atoms with Gasteiger partial charge < -0.3 is 4.74 Å². The van der Waals surface area contributed by atoms with Crippen LogP contribution in [0, 0.1) is 0 Å². The second-order valence-electron chi connectivity index (χ2n) is 4.06. The van der Waals surface area contributed by atoms with Crippen molar-refractivity contribution in [1.82, 2.24) is 0 Å². The maximum Gasteiger partial charge on any atom is 0.173 e. The van der Waals surface area contributed by atoms with E-state index in [0.717, 1.165) is 19.3 Å². The number of Topliss-reactive ketones (excluding diaryl/α,β-unsaturated/α-hetero) is 1. The van der Waals surface area contributed by atoms with Crippen LogP contribution in [-0.4, -0.2) is 11.9 Å². The number of rotatable bonds is 3. The Morgan fingerprint density at radius 3 is 2.88 bits per heavy atom. The van der Waals surface area contributed by atoms with Crippen molar-refractivity contribution in [1.29, 1.82) is 0 Å². The topological polar surface area (TPSA) is 26.3 Å². The lowest BCUT2D eigenvalue weighted by molar-refractivity contribution is -0.127. The standard InChI is InChI=1S/C13H15FO2/c14-9-10-5-1-3-7-12(10)16-13-8-4-2-6-11(13)15/h1,3,5,7,13H,2,4,6,8-9H2. The minimum atomic E-state index is -0.558. The fraction of sp³-hybridized carbons (Fsp3) is 0.462. The molecule has 2 rings (SSSR count). The molecule has 1 aliphatic carbocycles. The molecule has 0 spiro atoms.